The van der Waals surface area contributed by atoms with Crippen LogP contribution in [0.4, 0.5) is 0 Å². The molecule has 0 spiro atoms. The molecule has 0 aromatic heterocycles. The molecule has 0 nitrogen and oxygen atoms in total. The van der Waals surface area contributed by atoms with Gasteiger partial charge in [0.2, 0.25) is 0 Å². The Balaban J connectivity index is 2.93. The lowest BCUT2D eigenvalue weighted by molar-refractivity contribution is 0.897. The molecular weight excluding hydrogens is 184 g/mol. The van der Waals surface area contributed by atoms with Crippen molar-refractivity contribution in [2.75, 3.05) is 11.5 Å². The molecule has 0 unspecified atom stereocenters. The standard InChI is InChI=1S/C10H20S2/c1-3-5-7-11-9-10-12-8-6-4-2/h9-10H,3-8H2,1-2H3. The van der Waals surface area contributed by atoms with E-state index in [4.69, 9.17) is 0 Å². The summed E-state index contributed by atoms with van der Waals surface area (Å²) in [6.45, 7) is 4.47. The van der Waals surface area contributed by atoms with Crippen LogP contribution in [0.15, 0.2) is 10.8 Å². The van der Waals surface area contributed by atoms with Crippen LogP contribution in [0.1, 0.15) is 39.5 Å². The van der Waals surface area contributed by atoms with Crippen LogP contribution in [0.25, 0.3) is 0 Å². The Morgan fingerprint density at radius 3 is 1.58 bits per heavy atom. The molecule has 0 bridgehead atoms. The molecule has 0 amide bonds. The van der Waals surface area contributed by atoms with Crippen LogP contribution in [0, 0.1) is 0 Å². The lowest BCUT2D eigenvalue weighted by atomic mass is 10.4. The van der Waals surface area contributed by atoms with Gasteiger partial charge in [-0.2, -0.15) is 0 Å². The predicted molar refractivity (Wildman–Crippen MR) is 63.9 cm³/mol. The van der Waals surface area contributed by atoms with Gasteiger partial charge in [-0.05, 0) is 35.2 Å². The summed E-state index contributed by atoms with van der Waals surface area (Å²) in [7, 11) is 0. The van der Waals surface area contributed by atoms with Crippen molar-refractivity contribution in [3.05, 3.63) is 10.8 Å². The molecule has 0 aromatic carbocycles. The summed E-state index contributed by atoms with van der Waals surface area (Å²) < 4.78 is 0. The molecule has 0 aromatic rings. The highest BCUT2D eigenvalue weighted by molar-refractivity contribution is 8.05. The van der Waals surface area contributed by atoms with E-state index in [-0.39, 0.29) is 0 Å². The zero-order valence-corrected chi connectivity index (χ0v) is 9.85. The average Bonchev–Trinajstić information content (AvgIpc) is 2.10. The van der Waals surface area contributed by atoms with Crippen LogP contribution in [-0.2, 0) is 0 Å². The summed E-state index contributed by atoms with van der Waals surface area (Å²) in [6, 6.07) is 0. The molecule has 0 aliphatic rings. The van der Waals surface area contributed by atoms with E-state index in [2.05, 4.69) is 24.7 Å². The summed E-state index contributed by atoms with van der Waals surface area (Å²) in [4.78, 5) is 0. The quantitative estimate of drug-likeness (QED) is 0.533. The summed E-state index contributed by atoms with van der Waals surface area (Å²) in [6.07, 6.45) is 5.30. The number of hydrogen-bond donors (Lipinski definition) is 0. The van der Waals surface area contributed by atoms with Crippen molar-refractivity contribution in [2.24, 2.45) is 0 Å². The lowest BCUT2D eigenvalue weighted by Crippen LogP contribution is -1.73. The van der Waals surface area contributed by atoms with E-state index >= 15 is 0 Å². The van der Waals surface area contributed by atoms with Crippen LogP contribution >= 0.6 is 23.5 Å². The minimum Gasteiger partial charge on any atom is -0.134 e. The molecule has 0 N–H and O–H groups in total. The summed E-state index contributed by atoms with van der Waals surface area (Å²) >= 11 is 3.87. The fourth-order valence-corrected chi connectivity index (χ4v) is 2.48. The van der Waals surface area contributed by atoms with Gasteiger partial charge in [0.1, 0.15) is 0 Å². The van der Waals surface area contributed by atoms with Crippen molar-refractivity contribution in [3.8, 4) is 0 Å². The van der Waals surface area contributed by atoms with Gasteiger partial charge in [-0.1, -0.05) is 26.7 Å². The monoisotopic (exact) mass is 204 g/mol. The molecule has 2 heteroatoms. The van der Waals surface area contributed by atoms with Crippen molar-refractivity contribution < 1.29 is 0 Å². The highest BCUT2D eigenvalue weighted by Gasteiger charge is 1.83. The van der Waals surface area contributed by atoms with Crippen LogP contribution < -0.4 is 0 Å². The van der Waals surface area contributed by atoms with Gasteiger partial charge in [-0.25, -0.2) is 0 Å². The highest BCUT2D eigenvalue weighted by atomic mass is 32.2. The SMILES string of the molecule is CCCCSC=CSCCCC. The second kappa shape index (κ2) is 11.4. The third-order valence-corrected chi connectivity index (χ3v) is 3.36. The smallest absolute Gasteiger partial charge is 0.00259 e. The van der Waals surface area contributed by atoms with E-state index in [1.54, 1.807) is 0 Å². The third kappa shape index (κ3) is 10.4. The van der Waals surface area contributed by atoms with Gasteiger partial charge in [-0.3, -0.25) is 0 Å². The fourth-order valence-electron chi connectivity index (χ4n) is 0.670. The molecule has 0 aliphatic heterocycles. The predicted octanol–water partition coefficient (Wildman–Crippen LogP) is 4.52. The molecular formula is C10H20S2. The van der Waals surface area contributed by atoms with Crippen LogP contribution in [-0.4, -0.2) is 11.5 Å². The van der Waals surface area contributed by atoms with Crippen LogP contribution in [0.3, 0.4) is 0 Å². The normalized spacial score (nSPS) is 11.2. The number of unbranched alkanes of at least 4 members (excludes halogenated alkanes) is 2. The molecule has 0 atom stereocenters. The van der Waals surface area contributed by atoms with Crippen molar-refractivity contribution >= 4 is 23.5 Å². The average molecular weight is 204 g/mol. The lowest BCUT2D eigenvalue weighted by Gasteiger charge is -1.93. The van der Waals surface area contributed by atoms with E-state index in [1.165, 1.54) is 37.2 Å². The minimum atomic E-state index is 1.28. The van der Waals surface area contributed by atoms with Gasteiger partial charge in [0.15, 0.2) is 0 Å². The first kappa shape index (κ1) is 12.4. The summed E-state index contributed by atoms with van der Waals surface area (Å²) in [5.41, 5.74) is 0. The summed E-state index contributed by atoms with van der Waals surface area (Å²) in [5.74, 6) is 2.56. The zero-order valence-electron chi connectivity index (χ0n) is 8.21. The van der Waals surface area contributed by atoms with E-state index in [9.17, 15) is 0 Å². The Hall–Kier alpha value is 0.440. The van der Waals surface area contributed by atoms with Gasteiger partial charge in [0, 0.05) is 0 Å². The Labute approximate surface area is 85.6 Å². The molecule has 0 radical (unpaired) electrons. The maximum absolute atomic E-state index is 2.24. The Bertz CT molecular complexity index is 88.0. The van der Waals surface area contributed by atoms with Gasteiger partial charge < -0.3 is 0 Å². The molecule has 0 aliphatic carbocycles. The van der Waals surface area contributed by atoms with Crippen molar-refractivity contribution in [1.29, 1.82) is 0 Å². The highest BCUT2D eigenvalue weighted by Crippen LogP contribution is 2.11. The fraction of sp³-hybridized carbons (Fsp3) is 0.800. The van der Waals surface area contributed by atoms with Gasteiger partial charge in [0.05, 0.1) is 0 Å². The first-order valence-corrected chi connectivity index (χ1v) is 6.89. The van der Waals surface area contributed by atoms with Crippen molar-refractivity contribution in [3.63, 3.8) is 0 Å². The maximum atomic E-state index is 2.24. The molecule has 0 rings (SSSR count). The number of hydrogen-bond acceptors (Lipinski definition) is 2. The van der Waals surface area contributed by atoms with E-state index < -0.39 is 0 Å². The molecule has 0 saturated heterocycles. The minimum absolute atomic E-state index is 1.28. The second-order valence-electron chi connectivity index (χ2n) is 2.72. The molecule has 12 heavy (non-hydrogen) atoms. The first-order chi connectivity index (χ1) is 5.91. The molecule has 0 saturated carbocycles. The second-order valence-corrected chi connectivity index (χ2v) is 4.75. The van der Waals surface area contributed by atoms with E-state index in [1.807, 2.05) is 23.5 Å². The molecule has 0 heterocycles. The molecule has 72 valence electrons. The zero-order chi connectivity index (χ0) is 9.07. The topological polar surface area (TPSA) is 0 Å². The molecule has 0 fully saturated rings. The first-order valence-electron chi connectivity index (χ1n) is 4.80. The van der Waals surface area contributed by atoms with Crippen molar-refractivity contribution in [1.82, 2.24) is 0 Å². The number of rotatable bonds is 8. The van der Waals surface area contributed by atoms with Crippen LogP contribution in [0.5, 0.6) is 0 Å². The van der Waals surface area contributed by atoms with E-state index in [0.717, 1.165) is 0 Å². The Morgan fingerprint density at radius 2 is 1.25 bits per heavy atom. The van der Waals surface area contributed by atoms with Gasteiger partial charge >= 0.3 is 0 Å². The largest absolute Gasteiger partial charge is 0.134 e. The third-order valence-electron chi connectivity index (χ3n) is 1.48. The maximum Gasteiger partial charge on any atom is -0.00259 e. The van der Waals surface area contributed by atoms with Gasteiger partial charge in [0.25, 0.3) is 0 Å². The van der Waals surface area contributed by atoms with Crippen molar-refractivity contribution in [2.45, 2.75) is 39.5 Å². The van der Waals surface area contributed by atoms with E-state index in [0.29, 0.717) is 0 Å². The van der Waals surface area contributed by atoms with Crippen LogP contribution in [0.2, 0.25) is 0 Å². The summed E-state index contributed by atoms with van der Waals surface area (Å²) in [5, 5.41) is 4.46. The Kier molecular flexibility index (Phi) is 11.9. The number of thioether (sulfide) groups is 2. The van der Waals surface area contributed by atoms with Gasteiger partial charge in [-0.15, -0.1) is 23.5 Å². The Morgan fingerprint density at radius 1 is 0.833 bits per heavy atom.